The minimum atomic E-state index is -0.0930. The molecule has 0 N–H and O–H groups in total. The zero-order valence-corrected chi connectivity index (χ0v) is 11.9. The van der Waals surface area contributed by atoms with E-state index in [4.69, 9.17) is 4.74 Å². The molecule has 3 rings (SSSR count). The molecular formula is C15H17N3O3. The van der Waals surface area contributed by atoms with E-state index in [9.17, 15) is 9.59 Å². The van der Waals surface area contributed by atoms with Gasteiger partial charge in [0.05, 0.1) is 17.8 Å². The fourth-order valence-corrected chi connectivity index (χ4v) is 2.54. The molecule has 3 heterocycles. The van der Waals surface area contributed by atoms with Crippen LogP contribution in [0.3, 0.4) is 0 Å². The highest BCUT2D eigenvalue weighted by Gasteiger charge is 2.24. The SMILES string of the molecule is CCOCC(=O)N1CCc2nc3ccccn3c(=O)c2C1. The van der Waals surface area contributed by atoms with E-state index < -0.39 is 0 Å². The summed E-state index contributed by atoms with van der Waals surface area (Å²) in [5.74, 6) is -0.0833. The molecular weight excluding hydrogens is 270 g/mol. The fraction of sp³-hybridized carbons (Fsp3) is 0.400. The van der Waals surface area contributed by atoms with Crippen molar-refractivity contribution in [1.82, 2.24) is 14.3 Å². The van der Waals surface area contributed by atoms with Gasteiger partial charge >= 0.3 is 0 Å². The van der Waals surface area contributed by atoms with Crippen LogP contribution in [-0.2, 0) is 22.5 Å². The number of ether oxygens (including phenoxy) is 1. The van der Waals surface area contributed by atoms with Crippen molar-refractivity contribution < 1.29 is 9.53 Å². The predicted molar refractivity (Wildman–Crippen MR) is 77.1 cm³/mol. The predicted octanol–water partition coefficient (Wildman–Crippen LogP) is 0.616. The van der Waals surface area contributed by atoms with Gasteiger partial charge in [0.25, 0.3) is 5.56 Å². The zero-order chi connectivity index (χ0) is 14.8. The van der Waals surface area contributed by atoms with E-state index in [1.54, 1.807) is 17.2 Å². The first-order valence-corrected chi connectivity index (χ1v) is 7.05. The molecule has 2 aromatic rings. The first-order valence-electron chi connectivity index (χ1n) is 7.05. The third kappa shape index (κ3) is 2.54. The Labute approximate surface area is 122 Å². The summed E-state index contributed by atoms with van der Waals surface area (Å²) in [4.78, 5) is 30.7. The van der Waals surface area contributed by atoms with Crippen LogP contribution in [0.2, 0.25) is 0 Å². The zero-order valence-electron chi connectivity index (χ0n) is 11.9. The van der Waals surface area contributed by atoms with Crippen LogP contribution in [0.1, 0.15) is 18.2 Å². The molecule has 0 aromatic carbocycles. The lowest BCUT2D eigenvalue weighted by Gasteiger charge is -2.27. The molecule has 0 spiro atoms. The minimum absolute atomic E-state index is 0.0637. The van der Waals surface area contributed by atoms with Crippen LogP contribution in [0, 0.1) is 0 Å². The second kappa shape index (κ2) is 5.65. The number of carbonyl (C=O) groups is 1. The Morgan fingerprint density at radius 3 is 3.10 bits per heavy atom. The molecule has 110 valence electrons. The van der Waals surface area contributed by atoms with E-state index in [1.165, 1.54) is 4.40 Å². The Bertz CT molecular complexity index is 739. The number of fused-ring (bicyclic) bond motifs is 2. The Morgan fingerprint density at radius 2 is 2.29 bits per heavy atom. The molecule has 0 aliphatic carbocycles. The highest BCUT2D eigenvalue weighted by Crippen LogP contribution is 2.15. The van der Waals surface area contributed by atoms with Gasteiger partial charge in [-0.1, -0.05) is 6.07 Å². The largest absolute Gasteiger partial charge is 0.372 e. The van der Waals surface area contributed by atoms with E-state index in [1.807, 2.05) is 19.1 Å². The molecule has 0 saturated heterocycles. The Balaban J connectivity index is 1.94. The maximum Gasteiger partial charge on any atom is 0.263 e. The molecule has 21 heavy (non-hydrogen) atoms. The first-order chi connectivity index (χ1) is 10.2. The van der Waals surface area contributed by atoms with Gasteiger partial charge in [-0.3, -0.25) is 14.0 Å². The summed E-state index contributed by atoms with van der Waals surface area (Å²) in [5, 5.41) is 0. The van der Waals surface area contributed by atoms with Crippen molar-refractivity contribution in [3.05, 3.63) is 46.0 Å². The van der Waals surface area contributed by atoms with Gasteiger partial charge in [0, 0.05) is 25.8 Å². The van der Waals surface area contributed by atoms with Gasteiger partial charge in [-0.15, -0.1) is 0 Å². The number of amides is 1. The van der Waals surface area contributed by atoms with Crippen molar-refractivity contribution >= 4 is 11.6 Å². The molecule has 0 radical (unpaired) electrons. The van der Waals surface area contributed by atoms with Crippen molar-refractivity contribution in [3.63, 3.8) is 0 Å². The van der Waals surface area contributed by atoms with Crippen LogP contribution < -0.4 is 5.56 Å². The number of hydrogen-bond acceptors (Lipinski definition) is 4. The van der Waals surface area contributed by atoms with Gasteiger partial charge in [-0.25, -0.2) is 4.98 Å². The van der Waals surface area contributed by atoms with Crippen molar-refractivity contribution in [3.8, 4) is 0 Å². The first kappa shape index (κ1) is 13.8. The van der Waals surface area contributed by atoms with Crippen molar-refractivity contribution in [2.75, 3.05) is 19.8 Å². The number of hydrogen-bond donors (Lipinski definition) is 0. The monoisotopic (exact) mass is 287 g/mol. The van der Waals surface area contributed by atoms with Crippen molar-refractivity contribution in [2.24, 2.45) is 0 Å². The second-order valence-electron chi connectivity index (χ2n) is 4.97. The molecule has 6 heteroatoms. The molecule has 0 bridgehead atoms. The highest BCUT2D eigenvalue weighted by molar-refractivity contribution is 5.77. The average Bonchev–Trinajstić information content (AvgIpc) is 2.52. The summed E-state index contributed by atoms with van der Waals surface area (Å²) >= 11 is 0. The van der Waals surface area contributed by atoms with Crippen molar-refractivity contribution in [2.45, 2.75) is 19.9 Å². The van der Waals surface area contributed by atoms with E-state index in [2.05, 4.69) is 4.98 Å². The molecule has 0 unspecified atom stereocenters. The van der Waals surface area contributed by atoms with Gasteiger partial charge < -0.3 is 9.64 Å². The van der Waals surface area contributed by atoms with Crippen LogP contribution in [0.25, 0.3) is 5.65 Å². The normalized spacial score (nSPS) is 14.2. The van der Waals surface area contributed by atoms with Crippen LogP contribution in [0.4, 0.5) is 0 Å². The fourth-order valence-electron chi connectivity index (χ4n) is 2.54. The molecule has 1 aliphatic rings. The maximum absolute atomic E-state index is 12.5. The molecule has 1 aliphatic heterocycles. The number of aromatic nitrogens is 2. The topological polar surface area (TPSA) is 63.9 Å². The maximum atomic E-state index is 12.5. The third-order valence-corrected chi connectivity index (χ3v) is 3.66. The number of nitrogens with zero attached hydrogens (tertiary/aromatic N) is 3. The summed E-state index contributed by atoms with van der Waals surface area (Å²) in [6.07, 6.45) is 2.31. The van der Waals surface area contributed by atoms with E-state index in [-0.39, 0.29) is 18.1 Å². The molecule has 0 atom stereocenters. The summed E-state index contributed by atoms with van der Waals surface area (Å²) in [5.41, 5.74) is 1.96. The Morgan fingerprint density at radius 1 is 1.43 bits per heavy atom. The molecule has 1 amide bonds. The minimum Gasteiger partial charge on any atom is -0.372 e. The van der Waals surface area contributed by atoms with Crippen molar-refractivity contribution in [1.29, 1.82) is 0 Å². The summed E-state index contributed by atoms with van der Waals surface area (Å²) in [7, 11) is 0. The number of pyridine rings is 1. The second-order valence-corrected chi connectivity index (χ2v) is 4.97. The molecule has 6 nitrogen and oxygen atoms in total. The smallest absolute Gasteiger partial charge is 0.263 e. The summed E-state index contributed by atoms with van der Waals surface area (Å²) in [6, 6.07) is 5.46. The standard InChI is InChI=1S/C15H17N3O3/c1-2-21-10-14(19)17-8-6-12-11(9-17)15(20)18-7-4-3-5-13(18)16-12/h3-5,7H,2,6,8-10H2,1H3. The van der Waals surface area contributed by atoms with Crippen LogP contribution in [-0.4, -0.2) is 40.0 Å². The number of carbonyl (C=O) groups excluding carboxylic acids is 1. The van der Waals surface area contributed by atoms with Crippen LogP contribution in [0.15, 0.2) is 29.2 Å². The molecule has 0 fully saturated rings. The summed E-state index contributed by atoms with van der Waals surface area (Å²) < 4.78 is 6.67. The van der Waals surface area contributed by atoms with Gasteiger partial charge in [0.2, 0.25) is 5.91 Å². The Hall–Kier alpha value is -2.21. The van der Waals surface area contributed by atoms with Gasteiger partial charge in [-0.2, -0.15) is 0 Å². The van der Waals surface area contributed by atoms with Crippen LogP contribution in [0.5, 0.6) is 0 Å². The quantitative estimate of drug-likeness (QED) is 0.830. The lowest BCUT2D eigenvalue weighted by Crippen LogP contribution is -2.41. The lowest BCUT2D eigenvalue weighted by molar-refractivity contribution is -0.136. The average molecular weight is 287 g/mol. The highest BCUT2D eigenvalue weighted by atomic mass is 16.5. The lowest BCUT2D eigenvalue weighted by atomic mass is 10.1. The van der Waals surface area contributed by atoms with E-state index in [0.29, 0.717) is 37.3 Å². The Kier molecular flexibility index (Phi) is 3.70. The van der Waals surface area contributed by atoms with Gasteiger partial charge in [-0.05, 0) is 19.1 Å². The summed E-state index contributed by atoms with van der Waals surface area (Å²) in [6.45, 7) is 3.31. The van der Waals surface area contributed by atoms with Crippen LogP contribution >= 0.6 is 0 Å². The molecule has 0 saturated carbocycles. The third-order valence-electron chi connectivity index (χ3n) is 3.66. The van der Waals surface area contributed by atoms with E-state index in [0.717, 1.165) is 5.69 Å². The number of rotatable bonds is 3. The molecule has 2 aromatic heterocycles. The van der Waals surface area contributed by atoms with E-state index >= 15 is 0 Å². The van der Waals surface area contributed by atoms with Gasteiger partial charge in [0.1, 0.15) is 12.3 Å². The van der Waals surface area contributed by atoms with Gasteiger partial charge in [0.15, 0.2) is 0 Å².